The highest BCUT2D eigenvalue weighted by atomic mass is 19.1. The average molecular weight is 441 g/mol. The van der Waals surface area contributed by atoms with Gasteiger partial charge in [0, 0.05) is 39.7 Å². The molecule has 0 aromatic rings. The van der Waals surface area contributed by atoms with Crippen molar-refractivity contribution in [2.75, 3.05) is 39.8 Å². The quantitative estimate of drug-likeness (QED) is 0.204. The Hall–Kier alpha value is -2.68. The van der Waals surface area contributed by atoms with Crippen LogP contribution in [0.3, 0.4) is 0 Å². The van der Waals surface area contributed by atoms with Crippen LogP contribution in [-0.4, -0.2) is 68.5 Å². The van der Waals surface area contributed by atoms with Crippen molar-refractivity contribution < 1.29 is 23.5 Å². The molecule has 0 fully saturated rings. The first-order valence-electron chi connectivity index (χ1n) is 10.4. The Morgan fingerprint density at radius 1 is 1.19 bits per heavy atom. The summed E-state index contributed by atoms with van der Waals surface area (Å²) in [6, 6.07) is -0.325. The second-order valence-corrected chi connectivity index (χ2v) is 7.26. The third-order valence-corrected chi connectivity index (χ3v) is 4.36. The van der Waals surface area contributed by atoms with E-state index in [0.29, 0.717) is 26.1 Å². The Bertz CT molecular complexity index is 664. The first-order chi connectivity index (χ1) is 14.6. The van der Waals surface area contributed by atoms with E-state index in [0.717, 1.165) is 0 Å². The van der Waals surface area contributed by atoms with E-state index < -0.39 is 5.83 Å². The van der Waals surface area contributed by atoms with E-state index in [1.807, 2.05) is 13.8 Å². The molecule has 0 spiro atoms. The van der Waals surface area contributed by atoms with Gasteiger partial charge in [-0.05, 0) is 32.3 Å². The predicted molar refractivity (Wildman–Crippen MR) is 120 cm³/mol. The van der Waals surface area contributed by atoms with E-state index in [4.69, 9.17) is 4.74 Å². The van der Waals surface area contributed by atoms with Crippen molar-refractivity contribution in [3.05, 3.63) is 36.4 Å². The highest BCUT2D eigenvalue weighted by molar-refractivity contribution is 5.83. The first-order valence-corrected chi connectivity index (χ1v) is 10.4. The van der Waals surface area contributed by atoms with Gasteiger partial charge in [-0.1, -0.05) is 19.6 Å². The highest BCUT2D eigenvalue weighted by Gasteiger charge is 2.15. The number of amides is 3. The molecule has 0 saturated carbocycles. The minimum Gasteiger partial charge on any atom is -0.493 e. The molecule has 31 heavy (non-hydrogen) atoms. The van der Waals surface area contributed by atoms with Gasteiger partial charge in [0.2, 0.25) is 17.7 Å². The van der Waals surface area contributed by atoms with Gasteiger partial charge in [-0.15, -0.1) is 0 Å². The summed E-state index contributed by atoms with van der Waals surface area (Å²) in [4.78, 5) is 35.8. The van der Waals surface area contributed by atoms with Crippen LogP contribution in [0.1, 0.15) is 34.1 Å². The molecule has 0 rings (SSSR count). The summed E-state index contributed by atoms with van der Waals surface area (Å²) in [6.45, 7) is 12.3. The zero-order valence-corrected chi connectivity index (χ0v) is 19.3. The number of rotatable bonds is 15. The molecule has 0 aromatic heterocycles. The van der Waals surface area contributed by atoms with Crippen molar-refractivity contribution in [1.82, 2.24) is 20.9 Å². The molecule has 0 aliphatic heterocycles. The molecule has 0 aromatic carbocycles. The van der Waals surface area contributed by atoms with E-state index in [1.165, 1.54) is 19.1 Å². The number of nitrogens with zero attached hydrogens (tertiary/aromatic N) is 1. The van der Waals surface area contributed by atoms with Crippen molar-refractivity contribution >= 4 is 17.7 Å². The van der Waals surface area contributed by atoms with Crippen LogP contribution in [0.4, 0.5) is 4.39 Å². The van der Waals surface area contributed by atoms with Crippen LogP contribution in [0.5, 0.6) is 0 Å². The molecule has 2 unspecified atom stereocenters. The average Bonchev–Trinajstić information content (AvgIpc) is 2.72. The van der Waals surface area contributed by atoms with Crippen molar-refractivity contribution in [1.29, 1.82) is 0 Å². The van der Waals surface area contributed by atoms with Crippen LogP contribution in [0, 0.1) is 5.92 Å². The fourth-order valence-electron chi connectivity index (χ4n) is 2.33. The van der Waals surface area contributed by atoms with E-state index in [-0.39, 0.29) is 48.6 Å². The molecule has 3 N–H and O–H groups in total. The van der Waals surface area contributed by atoms with Crippen LogP contribution in [0.15, 0.2) is 36.4 Å². The molecule has 176 valence electrons. The van der Waals surface area contributed by atoms with Gasteiger partial charge in [0.15, 0.2) is 0 Å². The molecule has 3 amide bonds. The molecule has 0 bridgehead atoms. The minimum absolute atomic E-state index is 0.00110. The summed E-state index contributed by atoms with van der Waals surface area (Å²) in [6.07, 6.45) is 4.84. The zero-order chi connectivity index (χ0) is 23.8. The number of likely N-dealkylation sites (N-methyl/N-ethyl adjacent to an activating group) is 1. The Labute approximate surface area is 185 Å². The number of carbonyl (C=O) groups is 3. The predicted octanol–water partition coefficient (Wildman–Crippen LogP) is 1.66. The molecule has 9 heteroatoms. The standard InChI is InChI=1S/C22H37FN4O4/c1-7-27(6)22(30)18(4)24-12-13-31-17(3)14-20(23)9-8-16(2)10-11-25-21(29)15-26-19(5)28/h8-9,14,16,18,24H,3,7,10-13,15H2,1-2,4-6H3,(H,25,29)(H,26,28)/b9-8-,20-14+. The van der Waals surface area contributed by atoms with E-state index in [9.17, 15) is 18.8 Å². The van der Waals surface area contributed by atoms with Gasteiger partial charge in [-0.25, -0.2) is 4.39 Å². The molecule has 0 aliphatic carbocycles. The van der Waals surface area contributed by atoms with Crippen molar-refractivity contribution in [2.45, 2.75) is 40.2 Å². The summed E-state index contributed by atoms with van der Waals surface area (Å²) in [5.41, 5.74) is 0. The summed E-state index contributed by atoms with van der Waals surface area (Å²) in [7, 11) is 1.74. The van der Waals surface area contributed by atoms with Crippen LogP contribution in [-0.2, 0) is 19.1 Å². The van der Waals surface area contributed by atoms with Gasteiger partial charge in [-0.3, -0.25) is 14.4 Å². The lowest BCUT2D eigenvalue weighted by Gasteiger charge is -2.20. The Balaban J connectivity index is 4.13. The molecule has 0 saturated heterocycles. The number of hydrogen-bond acceptors (Lipinski definition) is 5. The molecular weight excluding hydrogens is 403 g/mol. The fraction of sp³-hybridized carbons (Fsp3) is 0.591. The SMILES string of the molecule is C=C(/C=C(F)\C=C/C(C)CCNC(=O)CNC(C)=O)OCCNC(C)C(=O)N(C)CC. The summed E-state index contributed by atoms with van der Waals surface area (Å²) in [5.74, 6) is -0.798. The number of ether oxygens (including phenoxy) is 1. The Morgan fingerprint density at radius 3 is 2.48 bits per heavy atom. The molecule has 0 heterocycles. The number of allylic oxidation sites excluding steroid dienone is 4. The van der Waals surface area contributed by atoms with Gasteiger partial charge in [-0.2, -0.15) is 0 Å². The largest absolute Gasteiger partial charge is 0.493 e. The second kappa shape index (κ2) is 16.1. The van der Waals surface area contributed by atoms with Crippen LogP contribution < -0.4 is 16.0 Å². The number of hydrogen-bond donors (Lipinski definition) is 3. The van der Waals surface area contributed by atoms with Crippen molar-refractivity contribution in [3.8, 4) is 0 Å². The maximum Gasteiger partial charge on any atom is 0.239 e. The van der Waals surface area contributed by atoms with Crippen molar-refractivity contribution in [3.63, 3.8) is 0 Å². The lowest BCUT2D eigenvalue weighted by molar-refractivity contribution is -0.131. The van der Waals surface area contributed by atoms with Gasteiger partial charge >= 0.3 is 0 Å². The summed E-state index contributed by atoms with van der Waals surface area (Å²) in [5, 5.41) is 8.15. The third-order valence-electron chi connectivity index (χ3n) is 4.36. The number of carbonyl (C=O) groups excluding carboxylic acids is 3. The highest BCUT2D eigenvalue weighted by Crippen LogP contribution is 2.09. The van der Waals surface area contributed by atoms with Gasteiger partial charge in [0.05, 0.1) is 12.6 Å². The van der Waals surface area contributed by atoms with E-state index >= 15 is 0 Å². The molecule has 2 atom stereocenters. The van der Waals surface area contributed by atoms with Crippen LogP contribution in [0.25, 0.3) is 0 Å². The van der Waals surface area contributed by atoms with E-state index in [1.54, 1.807) is 24.9 Å². The topological polar surface area (TPSA) is 99.8 Å². The van der Waals surface area contributed by atoms with Gasteiger partial charge < -0.3 is 25.6 Å². The Kier molecular flexibility index (Phi) is 14.7. The fourth-order valence-corrected chi connectivity index (χ4v) is 2.33. The Morgan fingerprint density at radius 2 is 1.87 bits per heavy atom. The molecule has 0 radical (unpaired) electrons. The lowest BCUT2D eigenvalue weighted by atomic mass is 10.1. The maximum absolute atomic E-state index is 14.0. The smallest absolute Gasteiger partial charge is 0.239 e. The third kappa shape index (κ3) is 14.9. The van der Waals surface area contributed by atoms with Crippen LogP contribution in [0.2, 0.25) is 0 Å². The molecule has 0 aliphatic rings. The monoisotopic (exact) mass is 440 g/mol. The van der Waals surface area contributed by atoms with Crippen molar-refractivity contribution in [2.24, 2.45) is 5.92 Å². The molecular formula is C22H37FN4O4. The van der Waals surface area contributed by atoms with Crippen LogP contribution >= 0.6 is 0 Å². The molecule has 8 nitrogen and oxygen atoms in total. The minimum atomic E-state index is -0.493. The zero-order valence-electron chi connectivity index (χ0n) is 19.3. The lowest BCUT2D eigenvalue weighted by Crippen LogP contribution is -2.44. The van der Waals surface area contributed by atoms with Gasteiger partial charge in [0.25, 0.3) is 0 Å². The normalized spacial score (nSPS) is 13.4. The number of halogens is 1. The first kappa shape index (κ1) is 28.3. The number of nitrogens with one attached hydrogen (secondary N) is 3. The van der Waals surface area contributed by atoms with Gasteiger partial charge in [0.1, 0.15) is 18.2 Å². The van der Waals surface area contributed by atoms with E-state index in [2.05, 4.69) is 22.5 Å². The maximum atomic E-state index is 14.0. The summed E-state index contributed by atoms with van der Waals surface area (Å²) >= 11 is 0. The second-order valence-electron chi connectivity index (χ2n) is 7.26. The summed E-state index contributed by atoms with van der Waals surface area (Å²) < 4.78 is 19.3.